The molecule has 1 aliphatic rings. The molecule has 6 heteroatoms. The molecule has 0 saturated carbocycles. The van der Waals surface area contributed by atoms with Gasteiger partial charge in [-0.15, -0.1) is 0 Å². The minimum absolute atomic E-state index is 0.0706. The van der Waals surface area contributed by atoms with Crippen LogP contribution in [0.15, 0.2) is 28.9 Å². The van der Waals surface area contributed by atoms with E-state index in [2.05, 4.69) is 18.0 Å². The lowest BCUT2D eigenvalue weighted by Gasteiger charge is -2.21. The predicted molar refractivity (Wildman–Crippen MR) is 89.9 cm³/mol. The number of oxazole rings is 1. The van der Waals surface area contributed by atoms with Gasteiger partial charge in [-0.3, -0.25) is 4.90 Å². The topological polar surface area (TPSA) is 63.4 Å². The second-order valence-electron chi connectivity index (χ2n) is 6.43. The van der Waals surface area contributed by atoms with Crippen LogP contribution < -0.4 is 0 Å². The largest absolute Gasteiger partial charge is 0.444 e. The number of nitrogens with zero attached hydrogens (tertiary/aromatic N) is 2. The Labute approximate surface area is 137 Å². The van der Waals surface area contributed by atoms with Gasteiger partial charge in [-0.2, -0.15) is 0 Å². The number of aryl methyl sites for hydroxylation is 2. The zero-order valence-electron chi connectivity index (χ0n) is 13.7. The van der Waals surface area contributed by atoms with E-state index in [1.807, 2.05) is 31.0 Å². The van der Waals surface area contributed by atoms with Crippen LogP contribution in [0.4, 0.5) is 0 Å². The van der Waals surface area contributed by atoms with Gasteiger partial charge >= 0.3 is 0 Å². The Hall–Kier alpha value is -1.66. The minimum atomic E-state index is -2.87. The number of rotatable bonds is 4. The number of hydrogen-bond donors (Lipinski definition) is 0. The third kappa shape index (κ3) is 3.64. The van der Waals surface area contributed by atoms with Gasteiger partial charge in [-0.05, 0) is 38.9 Å². The SMILES string of the molecule is Cc1ccc(-c2nc(CN(C)[C@H]3CCS(=O)(=O)C3)co2)c(C)c1. The molecule has 3 rings (SSSR count). The first-order valence-electron chi connectivity index (χ1n) is 7.77. The number of sulfone groups is 1. The molecule has 2 heterocycles. The van der Waals surface area contributed by atoms with E-state index in [1.54, 1.807) is 6.26 Å². The van der Waals surface area contributed by atoms with E-state index < -0.39 is 9.84 Å². The lowest BCUT2D eigenvalue weighted by molar-refractivity contribution is 0.251. The third-order valence-electron chi connectivity index (χ3n) is 4.41. The number of benzene rings is 1. The molecule has 1 saturated heterocycles. The Bertz CT molecular complexity index is 811. The summed E-state index contributed by atoms with van der Waals surface area (Å²) in [5.41, 5.74) is 4.16. The summed E-state index contributed by atoms with van der Waals surface area (Å²) in [5, 5.41) is 0. The number of aromatic nitrogens is 1. The van der Waals surface area contributed by atoms with Gasteiger partial charge in [-0.1, -0.05) is 17.7 Å². The molecule has 1 aliphatic heterocycles. The Balaban J connectivity index is 1.72. The maximum absolute atomic E-state index is 11.6. The molecule has 0 unspecified atom stereocenters. The summed E-state index contributed by atoms with van der Waals surface area (Å²) in [6.45, 7) is 4.69. The average Bonchev–Trinajstić information content (AvgIpc) is 3.05. The quantitative estimate of drug-likeness (QED) is 0.860. The highest BCUT2D eigenvalue weighted by Crippen LogP contribution is 2.24. The molecule has 2 aromatic rings. The van der Waals surface area contributed by atoms with Crippen molar-refractivity contribution >= 4 is 9.84 Å². The molecule has 0 spiro atoms. The average molecular weight is 334 g/mol. The highest BCUT2D eigenvalue weighted by molar-refractivity contribution is 7.91. The molecule has 0 amide bonds. The second kappa shape index (κ2) is 6.09. The molecular weight excluding hydrogens is 312 g/mol. The first-order chi connectivity index (χ1) is 10.8. The van der Waals surface area contributed by atoms with Gasteiger partial charge in [0.15, 0.2) is 9.84 Å². The molecule has 23 heavy (non-hydrogen) atoms. The summed E-state index contributed by atoms with van der Waals surface area (Å²) < 4.78 is 28.8. The maximum Gasteiger partial charge on any atom is 0.226 e. The van der Waals surface area contributed by atoms with E-state index in [9.17, 15) is 8.42 Å². The first kappa shape index (κ1) is 16.2. The molecule has 0 bridgehead atoms. The molecule has 0 radical (unpaired) electrons. The molecule has 0 aliphatic carbocycles. The molecule has 1 aromatic carbocycles. The Morgan fingerprint density at radius 2 is 2.13 bits per heavy atom. The van der Waals surface area contributed by atoms with Crippen LogP contribution in [-0.4, -0.2) is 42.9 Å². The Kier molecular flexibility index (Phi) is 4.29. The van der Waals surface area contributed by atoms with Gasteiger partial charge in [0.2, 0.25) is 5.89 Å². The van der Waals surface area contributed by atoms with Crippen molar-refractivity contribution in [2.45, 2.75) is 32.9 Å². The molecule has 0 N–H and O–H groups in total. The van der Waals surface area contributed by atoms with Crippen molar-refractivity contribution in [2.24, 2.45) is 0 Å². The first-order valence-corrected chi connectivity index (χ1v) is 9.59. The van der Waals surface area contributed by atoms with E-state index in [1.165, 1.54) is 5.56 Å². The van der Waals surface area contributed by atoms with Crippen molar-refractivity contribution in [1.29, 1.82) is 0 Å². The van der Waals surface area contributed by atoms with E-state index in [0.717, 1.165) is 16.8 Å². The highest BCUT2D eigenvalue weighted by atomic mass is 32.2. The fraction of sp³-hybridized carbons (Fsp3) is 0.471. The lowest BCUT2D eigenvalue weighted by atomic mass is 10.1. The van der Waals surface area contributed by atoms with Gasteiger partial charge in [0.05, 0.1) is 17.2 Å². The Morgan fingerprint density at radius 1 is 1.35 bits per heavy atom. The summed E-state index contributed by atoms with van der Waals surface area (Å²) in [6, 6.07) is 6.24. The van der Waals surface area contributed by atoms with Crippen LogP contribution in [0.25, 0.3) is 11.5 Å². The third-order valence-corrected chi connectivity index (χ3v) is 6.16. The fourth-order valence-corrected chi connectivity index (χ4v) is 4.87. The monoisotopic (exact) mass is 334 g/mol. The zero-order valence-corrected chi connectivity index (χ0v) is 14.6. The van der Waals surface area contributed by atoms with Gasteiger partial charge in [-0.25, -0.2) is 13.4 Å². The van der Waals surface area contributed by atoms with Crippen LogP contribution in [0.2, 0.25) is 0 Å². The van der Waals surface area contributed by atoms with Crippen molar-refractivity contribution < 1.29 is 12.8 Å². The molecule has 124 valence electrons. The molecule has 5 nitrogen and oxygen atoms in total. The smallest absolute Gasteiger partial charge is 0.226 e. The van der Waals surface area contributed by atoms with Crippen molar-refractivity contribution in [3.8, 4) is 11.5 Å². The highest BCUT2D eigenvalue weighted by Gasteiger charge is 2.30. The molecule has 1 atom stereocenters. The molecule has 1 fully saturated rings. The van der Waals surface area contributed by atoms with Crippen LogP contribution in [0, 0.1) is 13.8 Å². The van der Waals surface area contributed by atoms with Gasteiger partial charge in [0, 0.05) is 18.2 Å². The second-order valence-corrected chi connectivity index (χ2v) is 8.66. The fourth-order valence-electron chi connectivity index (χ4n) is 3.06. The summed E-state index contributed by atoms with van der Waals surface area (Å²) in [4.78, 5) is 6.61. The van der Waals surface area contributed by atoms with Crippen LogP contribution in [-0.2, 0) is 16.4 Å². The number of hydrogen-bond acceptors (Lipinski definition) is 5. The van der Waals surface area contributed by atoms with E-state index >= 15 is 0 Å². The van der Waals surface area contributed by atoms with Crippen LogP contribution in [0.1, 0.15) is 23.2 Å². The normalized spacial score (nSPS) is 20.3. The molecule has 1 aromatic heterocycles. The minimum Gasteiger partial charge on any atom is -0.444 e. The van der Waals surface area contributed by atoms with E-state index in [4.69, 9.17) is 4.42 Å². The summed E-state index contributed by atoms with van der Waals surface area (Å²) in [6.07, 6.45) is 2.36. The van der Waals surface area contributed by atoms with Crippen LogP contribution in [0.5, 0.6) is 0 Å². The van der Waals surface area contributed by atoms with Crippen molar-refractivity contribution in [2.75, 3.05) is 18.6 Å². The van der Waals surface area contributed by atoms with Crippen molar-refractivity contribution in [1.82, 2.24) is 9.88 Å². The maximum atomic E-state index is 11.6. The van der Waals surface area contributed by atoms with Gasteiger partial charge in [0.25, 0.3) is 0 Å². The standard InChI is InChI=1S/C17H22N2O3S/c1-12-4-5-16(13(2)8-12)17-18-14(10-22-17)9-19(3)15-6-7-23(20,21)11-15/h4-5,8,10,15H,6-7,9,11H2,1-3H3/t15-/m0/s1. The van der Waals surface area contributed by atoms with Crippen LogP contribution in [0.3, 0.4) is 0 Å². The summed E-state index contributed by atoms with van der Waals surface area (Å²) in [7, 11) is -0.924. The zero-order chi connectivity index (χ0) is 16.6. The van der Waals surface area contributed by atoms with E-state index in [0.29, 0.717) is 18.9 Å². The summed E-state index contributed by atoms with van der Waals surface area (Å²) in [5.74, 6) is 1.14. The van der Waals surface area contributed by atoms with Crippen LogP contribution >= 0.6 is 0 Å². The van der Waals surface area contributed by atoms with E-state index in [-0.39, 0.29) is 17.5 Å². The van der Waals surface area contributed by atoms with Gasteiger partial charge in [0.1, 0.15) is 6.26 Å². The predicted octanol–water partition coefficient (Wildman–Crippen LogP) is 2.58. The Morgan fingerprint density at radius 3 is 2.78 bits per heavy atom. The van der Waals surface area contributed by atoms with Gasteiger partial charge < -0.3 is 4.42 Å². The van der Waals surface area contributed by atoms with Crippen molar-refractivity contribution in [3.63, 3.8) is 0 Å². The van der Waals surface area contributed by atoms with Crippen molar-refractivity contribution in [3.05, 3.63) is 41.3 Å². The molecular formula is C17H22N2O3S. The lowest BCUT2D eigenvalue weighted by Crippen LogP contribution is -2.32. The summed E-state index contributed by atoms with van der Waals surface area (Å²) >= 11 is 0.